The molecule has 0 aliphatic carbocycles. The molecule has 7 heteroatoms. The number of amides is 2. The van der Waals surface area contributed by atoms with Crippen LogP contribution in [0.3, 0.4) is 0 Å². The lowest BCUT2D eigenvalue weighted by Crippen LogP contribution is -2.32. The van der Waals surface area contributed by atoms with Crippen molar-refractivity contribution in [2.45, 2.75) is 6.54 Å². The van der Waals surface area contributed by atoms with Gasteiger partial charge in [0.05, 0.1) is 27.7 Å². The molecule has 0 saturated carbocycles. The number of hydrogen-bond acceptors (Lipinski definition) is 4. The fourth-order valence-electron chi connectivity index (χ4n) is 4.28. The van der Waals surface area contributed by atoms with Gasteiger partial charge >= 0.3 is 0 Å². The second kappa shape index (κ2) is 6.62. The van der Waals surface area contributed by atoms with Crippen molar-refractivity contribution >= 4 is 56.5 Å². The first kappa shape index (κ1) is 18.0. The molecule has 3 heterocycles. The van der Waals surface area contributed by atoms with Crippen LogP contribution in [0, 0.1) is 0 Å². The number of hydrogen-bond donors (Lipinski definition) is 0. The van der Waals surface area contributed by atoms with E-state index in [9.17, 15) is 9.59 Å². The predicted molar refractivity (Wildman–Crippen MR) is 119 cm³/mol. The quantitative estimate of drug-likeness (QED) is 0.392. The molecule has 0 saturated heterocycles. The zero-order valence-electron chi connectivity index (χ0n) is 16.2. The molecular formula is C24H15ClN4O2. The van der Waals surface area contributed by atoms with Gasteiger partial charge in [-0.25, -0.2) is 9.97 Å². The molecule has 2 aromatic heterocycles. The Morgan fingerprint density at radius 2 is 1.42 bits per heavy atom. The first-order valence-corrected chi connectivity index (χ1v) is 10.3. The van der Waals surface area contributed by atoms with Gasteiger partial charge in [0.25, 0.3) is 11.8 Å². The van der Waals surface area contributed by atoms with E-state index < -0.39 is 0 Å². The van der Waals surface area contributed by atoms with Crippen LogP contribution in [-0.2, 0) is 6.54 Å². The molecule has 0 fully saturated rings. The zero-order valence-corrected chi connectivity index (χ0v) is 17.0. The number of aromatic nitrogens is 3. The molecule has 6 nitrogen and oxygen atoms in total. The number of carbonyl (C=O) groups is 2. The average Bonchev–Trinajstić information content (AvgIpc) is 3.22. The number of para-hydroxylation sites is 2. The topological polar surface area (TPSA) is 68.1 Å². The molecular weight excluding hydrogens is 412 g/mol. The van der Waals surface area contributed by atoms with Crippen molar-refractivity contribution in [2.75, 3.05) is 6.54 Å². The minimum atomic E-state index is -0.263. The molecule has 0 radical (unpaired) electrons. The summed E-state index contributed by atoms with van der Waals surface area (Å²) in [7, 11) is 0. The average molecular weight is 427 g/mol. The highest BCUT2D eigenvalue weighted by Crippen LogP contribution is 2.31. The molecule has 0 N–H and O–H groups in total. The summed E-state index contributed by atoms with van der Waals surface area (Å²) in [5.74, 6) is -0.526. The van der Waals surface area contributed by atoms with E-state index in [4.69, 9.17) is 21.6 Å². The highest BCUT2D eigenvalue weighted by atomic mass is 35.5. The molecule has 3 aromatic carbocycles. The number of nitrogens with zero attached hydrogens (tertiary/aromatic N) is 4. The highest BCUT2D eigenvalue weighted by molar-refractivity contribution is 6.31. The van der Waals surface area contributed by atoms with Crippen LogP contribution in [0.1, 0.15) is 20.7 Å². The lowest BCUT2D eigenvalue weighted by atomic mass is 10.1. The van der Waals surface area contributed by atoms with Gasteiger partial charge in [0.2, 0.25) is 0 Å². The monoisotopic (exact) mass is 426 g/mol. The number of imide groups is 1. The van der Waals surface area contributed by atoms with E-state index in [2.05, 4.69) is 0 Å². The number of carbonyl (C=O) groups excluding carboxylic acids is 2. The molecule has 0 bridgehead atoms. The van der Waals surface area contributed by atoms with Crippen molar-refractivity contribution in [3.63, 3.8) is 0 Å². The van der Waals surface area contributed by atoms with Gasteiger partial charge in [-0.3, -0.25) is 14.5 Å². The van der Waals surface area contributed by atoms with Crippen molar-refractivity contribution in [1.29, 1.82) is 0 Å². The minimum Gasteiger partial charge on any atom is -0.322 e. The molecule has 1 aliphatic rings. The maximum atomic E-state index is 12.8. The van der Waals surface area contributed by atoms with Gasteiger partial charge in [-0.15, -0.1) is 0 Å². The highest BCUT2D eigenvalue weighted by Gasteiger charge is 2.34. The standard InChI is InChI=1S/C24H15ClN4O2/c25-14-9-10-20-17(13-14)21-22(27-19-8-4-3-7-18(19)26-21)28(20)11-12-29-23(30)15-5-1-2-6-16(15)24(29)31/h1-10,13H,11-12H2. The molecule has 6 rings (SSSR count). The van der Waals surface area contributed by atoms with Gasteiger partial charge in [0.1, 0.15) is 5.52 Å². The van der Waals surface area contributed by atoms with E-state index >= 15 is 0 Å². The number of halogens is 1. The van der Waals surface area contributed by atoms with Crippen LogP contribution in [0.25, 0.3) is 33.1 Å². The predicted octanol–water partition coefficient (Wildman–Crippen LogP) is 4.69. The number of fused-ring (bicyclic) bond motifs is 5. The van der Waals surface area contributed by atoms with E-state index in [1.54, 1.807) is 24.3 Å². The summed E-state index contributed by atoms with van der Waals surface area (Å²) in [4.78, 5) is 36.5. The maximum Gasteiger partial charge on any atom is 0.261 e. The normalized spacial score (nSPS) is 13.6. The molecule has 5 aromatic rings. The van der Waals surface area contributed by atoms with Crippen molar-refractivity contribution in [3.8, 4) is 0 Å². The van der Waals surface area contributed by atoms with Crippen molar-refractivity contribution in [1.82, 2.24) is 19.4 Å². The van der Waals surface area contributed by atoms with Crippen LogP contribution < -0.4 is 0 Å². The van der Waals surface area contributed by atoms with E-state index in [0.29, 0.717) is 28.3 Å². The van der Waals surface area contributed by atoms with Crippen LogP contribution in [0.2, 0.25) is 5.02 Å². The fourth-order valence-corrected chi connectivity index (χ4v) is 4.45. The summed E-state index contributed by atoms with van der Waals surface area (Å²) in [6.45, 7) is 0.641. The summed E-state index contributed by atoms with van der Waals surface area (Å²) in [5, 5.41) is 1.50. The van der Waals surface area contributed by atoms with E-state index in [1.165, 1.54) is 4.90 Å². The first-order chi connectivity index (χ1) is 15.1. The van der Waals surface area contributed by atoms with Crippen LogP contribution in [0.5, 0.6) is 0 Å². The van der Waals surface area contributed by atoms with Crippen LogP contribution in [0.4, 0.5) is 0 Å². The summed E-state index contributed by atoms with van der Waals surface area (Å²) in [6.07, 6.45) is 0. The zero-order chi connectivity index (χ0) is 21.1. The molecule has 0 spiro atoms. The molecule has 31 heavy (non-hydrogen) atoms. The largest absolute Gasteiger partial charge is 0.322 e. The van der Waals surface area contributed by atoms with Gasteiger partial charge in [0, 0.05) is 23.5 Å². The van der Waals surface area contributed by atoms with Crippen LogP contribution in [0.15, 0.2) is 66.7 Å². The minimum absolute atomic E-state index is 0.238. The lowest BCUT2D eigenvalue weighted by molar-refractivity contribution is 0.0650. The Morgan fingerprint density at radius 1 is 0.774 bits per heavy atom. The van der Waals surface area contributed by atoms with Crippen LogP contribution >= 0.6 is 11.6 Å². The Balaban J connectivity index is 1.47. The maximum absolute atomic E-state index is 12.8. The van der Waals surface area contributed by atoms with Crippen LogP contribution in [-0.4, -0.2) is 37.8 Å². The summed E-state index contributed by atoms with van der Waals surface area (Å²) in [5.41, 5.74) is 4.84. The van der Waals surface area contributed by atoms with Gasteiger partial charge < -0.3 is 4.57 Å². The lowest BCUT2D eigenvalue weighted by Gasteiger charge is -2.15. The molecule has 2 amide bonds. The van der Waals surface area contributed by atoms with Crippen molar-refractivity contribution < 1.29 is 9.59 Å². The molecule has 1 aliphatic heterocycles. The Labute approximate surface area is 181 Å². The molecule has 0 atom stereocenters. The second-order valence-electron chi connectivity index (χ2n) is 7.51. The fraction of sp³-hybridized carbons (Fsp3) is 0.0833. The smallest absolute Gasteiger partial charge is 0.261 e. The second-order valence-corrected chi connectivity index (χ2v) is 7.94. The molecule has 0 unspecified atom stereocenters. The van der Waals surface area contributed by atoms with E-state index in [0.717, 1.165) is 27.5 Å². The van der Waals surface area contributed by atoms with Gasteiger partial charge in [-0.05, 0) is 42.5 Å². The van der Waals surface area contributed by atoms with Gasteiger partial charge in [-0.2, -0.15) is 0 Å². The summed E-state index contributed by atoms with van der Waals surface area (Å²) in [6, 6.07) is 20.2. The Hall–Kier alpha value is -3.77. The molecule has 150 valence electrons. The third-order valence-electron chi connectivity index (χ3n) is 5.74. The Morgan fingerprint density at radius 3 is 2.13 bits per heavy atom. The van der Waals surface area contributed by atoms with E-state index in [1.807, 2.05) is 47.0 Å². The number of benzene rings is 3. The first-order valence-electron chi connectivity index (χ1n) is 9.91. The Kier molecular flexibility index (Phi) is 3.85. The number of rotatable bonds is 3. The van der Waals surface area contributed by atoms with Gasteiger partial charge in [-0.1, -0.05) is 35.9 Å². The SMILES string of the molecule is O=C1c2ccccc2C(=O)N1CCn1c2ccc(Cl)cc2c2nc3ccccc3nc21. The van der Waals surface area contributed by atoms with Crippen molar-refractivity contribution in [2.24, 2.45) is 0 Å². The van der Waals surface area contributed by atoms with Crippen molar-refractivity contribution in [3.05, 3.63) is 82.9 Å². The third-order valence-corrected chi connectivity index (χ3v) is 5.97. The van der Waals surface area contributed by atoms with Gasteiger partial charge in [0.15, 0.2) is 5.65 Å². The summed E-state index contributed by atoms with van der Waals surface area (Å²) < 4.78 is 2.00. The Bertz CT molecular complexity index is 1520. The third kappa shape index (κ3) is 2.65. The van der Waals surface area contributed by atoms with E-state index in [-0.39, 0.29) is 18.4 Å². The summed E-state index contributed by atoms with van der Waals surface area (Å²) >= 11 is 6.26.